The van der Waals surface area contributed by atoms with Gasteiger partial charge in [0.25, 0.3) is 0 Å². The number of aryl methyl sites for hydroxylation is 1. The van der Waals surface area contributed by atoms with Gasteiger partial charge in [-0.2, -0.15) is 5.26 Å². The lowest BCUT2D eigenvalue weighted by Crippen LogP contribution is -2.00. The van der Waals surface area contributed by atoms with Gasteiger partial charge in [-0.15, -0.1) is 0 Å². The molecule has 0 radical (unpaired) electrons. The number of nitrogens with zero attached hydrogens (tertiary/aromatic N) is 1. The topological polar surface area (TPSA) is 40.9 Å². The molecular weight excluding hydrogens is 242 g/mol. The maximum Gasteiger partial charge on any atom is 0.143 e. The molecule has 0 heterocycles. The fraction of sp³-hybridized carbons (Fsp3) is 0.273. The van der Waals surface area contributed by atoms with Crippen molar-refractivity contribution < 1.29 is 4.79 Å². The molecule has 0 aromatic heterocycles. The summed E-state index contributed by atoms with van der Waals surface area (Å²) in [6, 6.07) is 9.38. The molecule has 0 saturated carbocycles. The Balaban J connectivity index is 2.53. The molecule has 0 bridgehead atoms. The van der Waals surface area contributed by atoms with E-state index in [9.17, 15) is 4.79 Å². The smallest absolute Gasteiger partial charge is 0.143 e. The van der Waals surface area contributed by atoms with Crippen molar-refractivity contribution in [2.75, 3.05) is 5.33 Å². The van der Waals surface area contributed by atoms with Gasteiger partial charge in [0.15, 0.2) is 0 Å². The van der Waals surface area contributed by atoms with Gasteiger partial charge in [-0.3, -0.25) is 4.79 Å². The highest BCUT2D eigenvalue weighted by Crippen LogP contribution is 2.06. The first-order valence-electron chi connectivity index (χ1n) is 4.33. The van der Waals surface area contributed by atoms with Crippen LogP contribution in [0.25, 0.3) is 0 Å². The van der Waals surface area contributed by atoms with E-state index >= 15 is 0 Å². The summed E-state index contributed by atoms with van der Waals surface area (Å²) in [6.07, 6.45) is 1.30. The SMILES string of the molecule is N#Cc1ccc(CCC(=O)CBr)cc1. The molecule has 0 atom stereocenters. The van der Waals surface area contributed by atoms with Crippen LogP contribution in [0.5, 0.6) is 0 Å². The van der Waals surface area contributed by atoms with Crippen LogP contribution in [0.2, 0.25) is 0 Å². The predicted molar refractivity (Wildman–Crippen MR) is 58.3 cm³/mol. The highest BCUT2D eigenvalue weighted by atomic mass is 79.9. The molecule has 1 rings (SSSR count). The minimum absolute atomic E-state index is 0.203. The zero-order valence-electron chi connectivity index (χ0n) is 7.66. The van der Waals surface area contributed by atoms with Gasteiger partial charge in [0.1, 0.15) is 5.78 Å². The molecule has 0 aliphatic carbocycles. The lowest BCUT2D eigenvalue weighted by molar-refractivity contribution is -0.116. The van der Waals surface area contributed by atoms with E-state index < -0.39 is 0 Å². The average molecular weight is 252 g/mol. The van der Waals surface area contributed by atoms with Crippen molar-refractivity contribution >= 4 is 21.7 Å². The molecular formula is C11H10BrNO. The first-order valence-corrected chi connectivity index (χ1v) is 5.45. The van der Waals surface area contributed by atoms with Gasteiger partial charge in [-0.05, 0) is 24.1 Å². The molecule has 0 N–H and O–H groups in total. The third-order valence-electron chi connectivity index (χ3n) is 1.92. The molecule has 0 fully saturated rings. The van der Waals surface area contributed by atoms with Crippen LogP contribution in [0, 0.1) is 11.3 Å². The van der Waals surface area contributed by atoms with E-state index in [0.717, 1.165) is 12.0 Å². The summed E-state index contributed by atoms with van der Waals surface area (Å²) in [4.78, 5) is 11.0. The predicted octanol–water partition coefficient (Wildman–Crippen LogP) is 2.45. The summed E-state index contributed by atoms with van der Waals surface area (Å²) in [5.74, 6) is 0.203. The van der Waals surface area contributed by atoms with Crippen LogP contribution in [0.15, 0.2) is 24.3 Å². The summed E-state index contributed by atoms with van der Waals surface area (Å²) in [6.45, 7) is 0. The number of carbonyl (C=O) groups is 1. The molecule has 72 valence electrons. The van der Waals surface area contributed by atoms with Crippen LogP contribution >= 0.6 is 15.9 Å². The summed E-state index contributed by atoms with van der Waals surface area (Å²) < 4.78 is 0. The van der Waals surface area contributed by atoms with Crippen LogP contribution in [0.1, 0.15) is 17.5 Å². The van der Waals surface area contributed by atoms with Crippen molar-refractivity contribution in [1.82, 2.24) is 0 Å². The second kappa shape index (κ2) is 5.56. The molecule has 0 aliphatic rings. The lowest BCUT2D eigenvalue weighted by atomic mass is 10.1. The number of hydrogen-bond donors (Lipinski definition) is 0. The van der Waals surface area contributed by atoms with Crippen molar-refractivity contribution in [2.45, 2.75) is 12.8 Å². The maximum atomic E-state index is 11.0. The van der Waals surface area contributed by atoms with Gasteiger partial charge >= 0.3 is 0 Å². The maximum absolute atomic E-state index is 11.0. The van der Waals surface area contributed by atoms with E-state index in [1.165, 1.54) is 0 Å². The number of hydrogen-bond acceptors (Lipinski definition) is 2. The summed E-state index contributed by atoms with van der Waals surface area (Å²) in [5.41, 5.74) is 1.75. The molecule has 0 spiro atoms. The summed E-state index contributed by atoms with van der Waals surface area (Å²) in [7, 11) is 0. The first kappa shape index (κ1) is 10.9. The Hall–Kier alpha value is -1.14. The van der Waals surface area contributed by atoms with Crippen molar-refractivity contribution in [1.29, 1.82) is 5.26 Å². The van der Waals surface area contributed by atoms with Crippen LogP contribution in [0.3, 0.4) is 0 Å². The number of benzene rings is 1. The Bertz CT molecular complexity index is 351. The number of Topliss-reactive ketones (excluding diaryl/α,β-unsaturated/α-hetero) is 1. The molecule has 14 heavy (non-hydrogen) atoms. The minimum Gasteiger partial charge on any atom is -0.299 e. The normalized spacial score (nSPS) is 9.43. The lowest BCUT2D eigenvalue weighted by Gasteiger charge is -1.99. The van der Waals surface area contributed by atoms with E-state index in [1.807, 2.05) is 12.1 Å². The molecule has 0 aliphatic heterocycles. The van der Waals surface area contributed by atoms with E-state index in [1.54, 1.807) is 12.1 Å². The third-order valence-corrected chi connectivity index (χ3v) is 2.55. The van der Waals surface area contributed by atoms with Crippen molar-refractivity contribution in [2.24, 2.45) is 0 Å². The van der Waals surface area contributed by atoms with E-state index in [2.05, 4.69) is 22.0 Å². The summed E-state index contributed by atoms with van der Waals surface area (Å²) in [5, 5.41) is 8.99. The number of ketones is 1. The average Bonchev–Trinajstić information content (AvgIpc) is 2.26. The first-order chi connectivity index (χ1) is 6.76. The molecule has 0 saturated heterocycles. The second-order valence-corrected chi connectivity index (χ2v) is 3.54. The Morgan fingerprint density at radius 3 is 2.50 bits per heavy atom. The zero-order chi connectivity index (χ0) is 10.4. The van der Waals surface area contributed by atoms with Crippen LogP contribution in [-0.2, 0) is 11.2 Å². The third kappa shape index (κ3) is 3.31. The second-order valence-electron chi connectivity index (χ2n) is 2.98. The number of rotatable bonds is 4. The summed E-state index contributed by atoms with van der Waals surface area (Å²) >= 11 is 3.12. The van der Waals surface area contributed by atoms with E-state index in [4.69, 9.17) is 5.26 Å². The van der Waals surface area contributed by atoms with Crippen molar-refractivity contribution in [3.8, 4) is 6.07 Å². The molecule has 3 heteroatoms. The van der Waals surface area contributed by atoms with Gasteiger partial charge in [0, 0.05) is 6.42 Å². The monoisotopic (exact) mass is 251 g/mol. The Kier molecular flexibility index (Phi) is 4.34. The molecule has 1 aromatic rings. The number of nitriles is 1. The largest absolute Gasteiger partial charge is 0.299 e. The molecule has 2 nitrogen and oxygen atoms in total. The Morgan fingerprint density at radius 1 is 1.36 bits per heavy atom. The van der Waals surface area contributed by atoms with Gasteiger partial charge in [0.05, 0.1) is 17.0 Å². The number of halogens is 1. The fourth-order valence-corrected chi connectivity index (χ4v) is 1.38. The van der Waals surface area contributed by atoms with Gasteiger partial charge in [-0.25, -0.2) is 0 Å². The van der Waals surface area contributed by atoms with Gasteiger partial charge in [0.2, 0.25) is 0 Å². The minimum atomic E-state index is 0.203. The Labute approximate surface area is 91.7 Å². The number of carbonyl (C=O) groups excluding carboxylic acids is 1. The van der Waals surface area contributed by atoms with E-state index in [-0.39, 0.29) is 5.78 Å². The Morgan fingerprint density at radius 2 is 2.00 bits per heavy atom. The van der Waals surface area contributed by atoms with Crippen molar-refractivity contribution in [3.05, 3.63) is 35.4 Å². The highest BCUT2D eigenvalue weighted by molar-refractivity contribution is 9.09. The van der Waals surface area contributed by atoms with Crippen molar-refractivity contribution in [3.63, 3.8) is 0 Å². The highest BCUT2D eigenvalue weighted by Gasteiger charge is 2.00. The fourth-order valence-electron chi connectivity index (χ4n) is 1.10. The van der Waals surface area contributed by atoms with Crippen LogP contribution < -0.4 is 0 Å². The molecule has 1 aromatic carbocycles. The molecule has 0 amide bonds. The van der Waals surface area contributed by atoms with Crippen LogP contribution in [0.4, 0.5) is 0 Å². The quantitative estimate of drug-likeness (QED) is 0.772. The standard InChI is InChI=1S/C11H10BrNO/c12-7-11(14)6-5-9-1-3-10(8-13)4-2-9/h1-4H,5-7H2. The van der Waals surface area contributed by atoms with Crippen LogP contribution in [-0.4, -0.2) is 11.1 Å². The zero-order valence-corrected chi connectivity index (χ0v) is 9.25. The van der Waals surface area contributed by atoms with E-state index in [0.29, 0.717) is 17.3 Å². The van der Waals surface area contributed by atoms with Gasteiger partial charge in [-0.1, -0.05) is 28.1 Å². The number of alkyl halides is 1. The molecule has 0 unspecified atom stereocenters. The van der Waals surface area contributed by atoms with Gasteiger partial charge < -0.3 is 0 Å².